The number of ether oxygens (including phenoxy) is 1. The van der Waals surface area contributed by atoms with Crippen molar-refractivity contribution < 1.29 is 9.53 Å². The van der Waals surface area contributed by atoms with Crippen molar-refractivity contribution in [3.05, 3.63) is 38.0 Å². The second-order valence-electron chi connectivity index (χ2n) is 4.54. The zero-order chi connectivity index (χ0) is 14.6. The number of hydrogen-bond acceptors (Lipinski definition) is 5. The Kier molecular flexibility index (Phi) is 2.68. The van der Waals surface area contributed by atoms with Gasteiger partial charge in [0.15, 0.2) is 0 Å². The van der Waals surface area contributed by atoms with Gasteiger partial charge in [-0.15, -0.1) is 11.3 Å². The van der Waals surface area contributed by atoms with E-state index in [2.05, 4.69) is 0 Å². The second-order valence-corrected chi connectivity index (χ2v) is 5.56. The summed E-state index contributed by atoms with van der Waals surface area (Å²) in [4.78, 5) is 24.8. The average molecular weight is 291 g/mol. The Labute approximate surface area is 118 Å². The van der Waals surface area contributed by atoms with Gasteiger partial charge in [0, 0.05) is 11.8 Å². The maximum Gasteiger partial charge on any atom is 0.343 e. The van der Waals surface area contributed by atoms with E-state index in [1.54, 1.807) is 18.4 Å². The minimum Gasteiger partial charge on any atom is -0.462 e. The Morgan fingerprint density at radius 1 is 1.40 bits per heavy atom. The Morgan fingerprint density at radius 3 is 2.75 bits per heavy atom. The fraction of sp³-hybridized carbons (Fsp3) is 0.308. The van der Waals surface area contributed by atoms with Crippen LogP contribution in [0.2, 0.25) is 0 Å². The molecule has 1 aromatic rings. The van der Waals surface area contributed by atoms with Crippen molar-refractivity contribution in [3.63, 3.8) is 0 Å². The lowest BCUT2D eigenvalue weighted by molar-refractivity contribution is 0.0525. The van der Waals surface area contributed by atoms with Crippen molar-refractivity contribution in [2.75, 3.05) is 6.61 Å². The Balaban J connectivity index is 2.48. The zero-order valence-electron chi connectivity index (χ0n) is 11.3. The van der Waals surface area contributed by atoms with Gasteiger partial charge >= 0.3 is 5.97 Å². The molecule has 0 amide bonds. The normalized spacial score (nSPS) is 11.6. The third-order valence-corrected chi connectivity index (χ3v) is 4.40. The lowest BCUT2D eigenvalue weighted by Gasteiger charge is -2.02. The number of nitrogens with one attached hydrogen (secondary N) is 1. The molecule has 0 aromatic carbocycles. The molecule has 6 nitrogen and oxygen atoms in total. The first-order chi connectivity index (χ1) is 9.47. The molecule has 0 fully saturated rings. The highest BCUT2D eigenvalue weighted by molar-refractivity contribution is 7.13. The quantitative estimate of drug-likeness (QED) is 0.723. The van der Waals surface area contributed by atoms with Gasteiger partial charge in [0.05, 0.1) is 17.2 Å². The summed E-state index contributed by atoms with van der Waals surface area (Å²) < 4.78 is 8.41. The van der Waals surface area contributed by atoms with Crippen LogP contribution in [0.4, 0.5) is 0 Å². The van der Waals surface area contributed by atoms with Crippen LogP contribution in [0.15, 0.2) is 10.9 Å². The molecule has 20 heavy (non-hydrogen) atoms. The van der Waals surface area contributed by atoms with Crippen molar-refractivity contribution in [1.29, 1.82) is 5.41 Å². The van der Waals surface area contributed by atoms with Gasteiger partial charge in [-0.3, -0.25) is 10.2 Å². The highest BCUT2D eigenvalue weighted by Gasteiger charge is 2.29. The first-order valence-corrected chi connectivity index (χ1v) is 7.00. The van der Waals surface area contributed by atoms with E-state index < -0.39 is 5.97 Å². The van der Waals surface area contributed by atoms with Crippen molar-refractivity contribution in [2.45, 2.75) is 20.8 Å². The first-order valence-electron chi connectivity index (χ1n) is 6.19. The standard InChI is InChI=1S/C13H13N3O3S/c1-4-19-13(18)9-10-11(20-12(9)14)7(3)16-8(17)5-6(2)15(10)16/h5,14H,4H2,1-3H3. The van der Waals surface area contributed by atoms with Crippen molar-refractivity contribution in [3.8, 4) is 10.6 Å². The Bertz CT molecular complexity index is 902. The topological polar surface area (TPSA) is 76.0 Å². The largest absolute Gasteiger partial charge is 0.462 e. The lowest BCUT2D eigenvalue weighted by Crippen LogP contribution is -2.15. The van der Waals surface area contributed by atoms with Gasteiger partial charge in [0.1, 0.15) is 15.9 Å². The minimum absolute atomic E-state index is 0.135. The van der Waals surface area contributed by atoms with E-state index in [4.69, 9.17) is 10.1 Å². The molecule has 2 aliphatic rings. The molecule has 3 rings (SSSR count). The number of rotatable bonds is 2. The van der Waals surface area contributed by atoms with Crippen molar-refractivity contribution in [1.82, 2.24) is 9.03 Å². The lowest BCUT2D eigenvalue weighted by atomic mass is 10.2. The molecular weight excluding hydrogens is 278 g/mol. The Hall–Kier alpha value is -2.15. The number of hydrogen-bond donors (Lipinski definition) is 1. The van der Waals surface area contributed by atoms with Gasteiger partial charge in [-0.2, -0.15) is 0 Å². The van der Waals surface area contributed by atoms with E-state index in [0.717, 1.165) is 16.3 Å². The van der Waals surface area contributed by atoms with Crippen LogP contribution < -0.4 is 10.2 Å². The third kappa shape index (κ3) is 1.46. The minimum atomic E-state index is -0.517. The average Bonchev–Trinajstić information content (AvgIpc) is 2.93. The summed E-state index contributed by atoms with van der Waals surface area (Å²) >= 11 is 1.19. The number of aryl methyl sites for hydroxylation is 2. The first kappa shape index (κ1) is 12.9. The van der Waals surface area contributed by atoms with Crippen LogP contribution in [0.3, 0.4) is 0 Å². The molecule has 1 aromatic heterocycles. The van der Waals surface area contributed by atoms with Gasteiger partial charge in [0.2, 0.25) is 0 Å². The predicted octanol–water partition coefficient (Wildman–Crippen LogP) is 1.28. The predicted molar refractivity (Wildman–Crippen MR) is 74.1 cm³/mol. The van der Waals surface area contributed by atoms with Crippen molar-refractivity contribution >= 4 is 17.3 Å². The van der Waals surface area contributed by atoms with Crippen LogP contribution in [0.5, 0.6) is 0 Å². The summed E-state index contributed by atoms with van der Waals surface area (Å²) in [5.41, 5.74) is 2.17. The molecule has 0 saturated carbocycles. The highest BCUT2D eigenvalue weighted by Crippen LogP contribution is 2.33. The molecule has 0 unspecified atom stereocenters. The van der Waals surface area contributed by atoms with Crippen LogP contribution in [0.1, 0.15) is 28.7 Å². The van der Waals surface area contributed by atoms with Crippen LogP contribution in [0.25, 0.3) is 10.6 Å². The van der Waals surface area contributed by atoms with E-state index >= 15 is 0 Å². The molecule has 0 bridgehead atoms. The van der Waals surface area contributed by atoms with Gasteiger partial charge < -0.3 is 4.74 Å². The third-order valence-electron chi connectivity index (χ3n) is 3.30. The fourth-order valence-electron chi connectivity index (χ4n) is 2.51. The molecule has 7 heteroatoms. The zero-order valence-corrected chi connectivity index (χ0v) is 12.1. The smallest absolute Gasteiger partial charge is 0.343 e. The Morgan fingerprint density at radius 2 is 2.10 bits per heavy atom. The number of carbonyl (C=O) groups is 1. The number of fused-ring (bicyclic) bond motifs is 3. The summed E-state index contributed by atoms with van der Waals surface area (Å²) in [6.07, 6.45) is 0. The molecule has 0 radical (unpaired) electrons. The summed E-state index contributed by atoms with van der Waals surface area (Å²) in [6.45, 7) is 5.59. The maximum absolute atomic E-state index is 12.1. The molecule has 0 aliphatic carbocycles. The summed E-state index contributed by atoms with van der Waals surface area (Å²) in [5, 5.41) is 7.99. The highest BCUT2D eigenvalue weighted by atomic mass is 32.1. The SMILES string of the molecule is CCOC(=O)c1c2n3c(C)cc(=O)n3c(C)c-2sc1=N. The molecule has 104 valence electrons. The summed E-state index contributed by atoms with van der Waals surface area (Å²) in [7, 11) is 0. The van der Waals surface area contributed by atoms with Crippen LogP contribution in [0, 0.1) is 19.3 Å². The second kappa shape index (κ2) is 4.17. The van der Waals surface area contributed by atoms with E-state index in [1.165, 1.54) is 21.9 Å². The molecule has 0 spiro atoms. The van der Waals surface area contributed by atoms with E-state index in [-0.39, 0.29) is 22.4 Å². The molecular formula is C13H13N3O3S. The van der Waals surface area contributed by atoms with Crippen molar-refractivity contribution in [2.24, 2.45) is 0 Å². The number of carbonyl (C=O) groups excluding carboxylic acids is 1. The van der Waals surface area contributed by atoms with E-state index in [0.29, 0.717) is 5.69 Å². The van der Waals surface area contributed by atoms with E-state index in [1.807, 2.05) is 6.92 Å². The summed E-state index contributed by atoms with van der Waals surface area (Å²) in [5.74, 6) is -0.517. The number of aromatic nitrogens is 2. The van der Waals surface area contributed by atoms with Gasteiger partial charge in [-0.1, -0.05) is 0 Å². The number of esters is 1. The molecule has 0 atom stereocenters. The summed E-state index contributed by atoms with van der Waals surface area (Å²) in [6, 6.07) is 1.52. The molecule has 0 saturated heterocycles. The number of thiophene rings is 1. The molecule has 3 heterocycles. The monoisotopic (exact) mass is 291 g/mol. The number of nitrogens with zero attached hydrogens (tertiary/aromatic N) is 2. The van der Waals surface area contributed by atoms with Crippen LogP contribution >= 0.6 is 11.3 Å². The molecule has 1 N–H and O–H groups in total. The van der Waals surface area contributed by atoms with Gasteiger partial charge in [-0.05, 0) is 20.8 Å². The van der Waals surface area contributed by atoms with Crippen LogP contribution in [-0.4, -0.2) is 21.6 Å². The van der Waals surface area contributed by atoms with Crippen LogP contribution in [-0.2, 0) is 4.74 Å². The van der Waals surface area contributed by atoms with E-state index in [9.17, 15) is 9.59 Å². The maximum atomic E-state index is 12.1. The fourth-order valence-corrected chi connectivity index (χ4v) is 3.51. The molecule has 2 aliphatic heterocycles. The van der Waals surface area contributed by atoms with Gasteiger partial charge in [0.25, 0.3) is 5.56 Å². The van der Waals surface area contributed by atoms with Gasteiger partial charge in [-0.25, -0.2) is 13.8 Å².